The fraction of sp³-hybridized carbons (Fsp3) is 0.688. The van der Waals surface area contributed by atoms with Crippen molar-refractivity contribution in [3.8, 4) is 0 Å². The maximum atomic E-state index is 13.4. The second-order valence-electron chi connectivity index (χ2n) is 5.80. The molecule has 1 aromatic rings. The summed E-state index contributed by atoms with van der Waals surface area (Å²) in [7, 11) is 0. The van der Waals surface area contributed by atoms with E-state index in [2.05, 4.69) is 36.0 Å². The van der Waals surface area contributed by atoms with Gasteiger partial charge in [0, 0.05) is 25.2 Å². The minimum Gasteiger partial charge on any atom is -0.356 e. The Bertz CT molecular complexity index is 443. The molecule has 112 valence electrons. The van der Waals surface area contributed by atoms with Gasteiger partial charge in [-0.05, 0) is 37.3 Å². The van der Waals surface area contributed by atoms with Crippen LogP contribution in [0.15, 0.2) is 12.3 Å². The largest absolute Gasteiger partial charge is 0.356 e. The third-order valence-electron chi connectivity index (χ3n) is 4.71. The summed E-state index contributed by atoms with van der Waals surface area (Å²) in [4.78, 5) is 6.69. The minimum atomic E-state index is -0.252. The standard InChI is InChI=1S/C16H26FN3/c1-4-16(5-2)7-8-20(12-16)15-13(10-18-6-3)9-14(17)11-19-15/h9,11,18H,4-8,10,12H2,1-3H3. The summed E-state index contributed by atoms with van der Waals surface area (Å²) in [6.07, 6.45) is 4.94. The summed E-state index contributed by atoms with van der Waals surface area (Å²) in [6, 6.07) is 1.61. The molecule has 1 saturated heterocycles. The summed E-state index contributed by atoms with van der Waals surface area (Å²) >= 11 is 0. The highest BCUT2D eigenvalue weighted by Crippen LogP contribution is 2.39. The van der Waals surface area contributed by atoms with Gasteiger partial charge in [0.2, 0.25) is 0 Å². The molecule has 0 radical (unpaired) electrons. The zero-order valence-electron chi connectivity index (χ0n) is 12.9. The lowest BCUT2D eigenvalue weighted by atomic mass is 9.82. The lowest BCUT2D eigenvalue weighted by Gasteiger charge is -2.27. The van der Waals surface area contributed by atoms with Gasteiger partial charge in [0.05, 0.1) is 6.20 Å². The van der Waals surface area contributed by atoms with Crippen LogP contribution in [0.3, 0.4) is 0 Å². The normalized spacial score (nSPS) is 17.7. The van der Waals surface area contributed by atoms with E-state index >= 15 is 0 Å². The smallest absolute Gasteiger partial charge is 0.141 e. The highest BCUT2D eigenvalue weighted by Gasteiger charge is 2.36. The number of hydrogen-bond acceptors (Lipinski definition) is 3. The Balaban J connectivity index is 2.20. The molecule has 1 fully saturated rings. The van der Waals surface area contributed by atoms with E-state index in [1.807, 2.05) is 0 Å². The molecule has 4 heteroatoms. The molecule has 2 rings (SSSR count). The van der Waals surface area contributed by atoms with Crippen molar-refractivity contribution in [3.05, 3.63) is 23.6 Å². The van der Waals surface area contributed by atoms with Gasteiger partial charge in [0.25, 0.3) is 0 Å². The van der Waals surface area contributed by atoms with E-state index in [-0.39, 0.29) is 5.82 Å². The number of nitrogens with zero attached hydrogens (tertiary/aromatic N) is 2. The quantitative estimate of drug-likeness (QED) is 0.865. The van der Waals surface area contributed by atoms with E-state index in [4.69, 9.17) is 0 Å². The Morgan fingerprint density at radius 1 is 1.35 bits per heavy atom. The maximum absolute atomic E-state index is 13.4. The van der Waals surface area contributed by atoms with E-state index in [0.29, 0.717) is 12.0 Å². The molecule has 0 aliphatic carbocycles. The van der Waals surface area contributed by atoms with Gasteiger partial charge in [-0.15, -0.1) is 0 Å². The number of halogens is 1. The topological polar surface area (TPSA) is 28.2 Å². The van der Waals surface area contributed by atoms with Crippen LogP contribution in [0.1, 0.15) is 45.6 Å². The average molecular weight is 279 g/mol. The van der Waals surface area contributed by atoms with Crippen molar-refractivity contribution >= 4 is 5.82 Å². The van der Waals surface area contributed by atoms with Crippen LogP contribution < -0.4 is 10.2 Å². The van der Waals surface area contributed by atoms with Crippen LogP contribution >= 0.6 is 0 Å². The molecular formula is C16H26FN3. The molecule has 1 aliphatic heterocycles. The first kappa shape index (κ1) is 15.2. The fourth-order valence-corrected chi connectivity index (χ4v) is 3.09. The molecule has 2 heterocycles. The third-order valence-corrected chi connectivity index (χ3v) is 4.71. The number of pyridine rings is 1. The first-order valence-electron chi connectivity index (χ1n) is 7.74. The van der Waals surface area contributed by atoms with Crippen molar-refractivity contribution in [2.75, 3.05) is 24.5 Å². The zero-order valence-corrected chi connectivity index (χ0v) is 12.9. The third kappa shape index (κ3) is 3.11. The SMILES string of the molecule is CCNCc1cc(F)cnc1N1CCC(CC)(CC)C1. The van der Waals surface area contributed by atoms with E-state index in [1.165, 1.54) is 25.5 Å². The summed E-state index contributed by atoms with van der Waals surface area (Å²) in [6.45, 7) is 10.2. The van der Waals surface area contributed by atoms with Crippen LogP contribution in [0.5, 0.6) is 0 Å². The summed E-state index contributed by atoms with van der Waals surface area (Å²) in [5, 5.41) is 3.27. The highest BCUT2D eigenvalue weighted by atomic mass is 19.1. The Labute approximate surface area is 121 Å². The Hall–Kier alpha value is -1.16. The van der Waals surface area contributed by atoms with Gasteiger partial charge in [-0.25, -0.2) is 9.37 Å². The summed E-state index contributed by atoms with van der Waals surface area (Å²) in [5.74, 6) is 0.703. The summed E-state index contributed by atoms with van der Waals surface area (Å²) in [5.41, 5.74) is 1.38. The van der Waals surface area contributed by atoms with Gasteiger partial charge in [0.15, 0.2) is 0 Å². The monoisotopic (exact) mass is 279 g/mol. The van der Waals surface area contributed by atoms with Gasteiger partial charge in [0.1, 0.15) is 11.6 Å². The predicted molar refractivity (Wildman–Crippen MR) is 81.4 cm³/mol. The second kappa shape index (κ2) is 6.53. The Morgan fingerprint density at radius 2 is 2.10 bits per heavy atom. The second-order valence-corrected chi connectivity index (χ2v) is 5.80. The van der Waals surface area contributed by atoms with Crippen molar-refractivity contribution in [1.82, 2.24) is 10.3 Å². The van der Waals surface area contributed by atoms with Gasteiger partial charge in [-0.2, -0.15) is 0 Å². The summed E-state index contributed by atoms with van der Waals surface area (Å²) < 4.78 is 13.4. The van der Waals surface area contributed by atoms with Crippen LogP contribution in [0.25, 0.3) is 0 Å². The van der Waals surface area contributed by atoms with Gasteiger partial charge >= 0.3 is 0 Å². The maximum Gasteiger partial charge on any atom is 0.141 e. The van der Waals surface area contributed by atoms with Crippen LogP contribution in [-0.4, -0.2) is 24.6 Å². The number of hydrogen-bond donors (Lipinski definition) is 1. The minimum absolute atomic E-state index is 0.252. The Kier molecular flexibility index (Phi) is 4.97. The molecule has 0 saturated carbocycles. The number of rotatable bonds is 6. The molecule has 1 N–H and O–H groups in total. The molecule has 1 aromatic heterocycles. The lowest BCUT2D eigenvalue weighted by molar-refractivity contribution is 0.301. The molecule has 3 nitrogen and oxygen atoms in total. The first-order chi connectivity index (χ1) is 9.64. The molecule has 0 atom stereocenters. The van der Waals surface area contributed by atoms with Crippen LogP contribution in [0.4, 0.5) is 10.2 Å². The predicted octanol–water partition coefficient (Wildman–Crippen LogP) is 3.35. The molecule has 20 heavy (non-hydrogen) atoms. The average Bonchev–Trinajstić information content (AvgIpc) is 2.90. The van der Waals surface area contributed by atoms with Crippen LogP contribution in [0, 0.1) is 11.2 Å². The number of nitrogens with one attached hydrogen (secondary N) is 1. The molecule has 0 spiro atoms. The van der Waals surface area contributed by atoms with E-state index in [9.17, 15) is 4.39 Å². The van der Waals surface area contributed by atoms with E-state index in [0.717, 1.165) is 31.0 Å². The van der Waals surface area contributed by atoms with Crippen LogP contribution in [-0.2, 0) is 6.54 Å². The van der Waals surface area contributed by atoms with Crippen molar-refractivity contribution in [1.29, 1.82) is 0 Å². The van der Waals surface area contributed by atoms with E-state index < -0.39 is 0 Å². The zero-order chi connectivity index (χ0) is 14.6. The number of anilines is 1. The van der Waals surface area contributed by atoms with Gasteiger partial charge in [-0.3, -0.25) is 0 Å². The van der Waals surface area contributed by atoms with E-state index in [1.54, 1.807) is 6.07 Å². The first-order valence-corrected chi connectivity index (χ1v) is 7.74. The molecule has 0 amide bonds. The molecule has 0 unspecified atom stereocenters. The van der Waals surface area contributed by atoms with Crippen molar-refractivity contribution in [2.24, 2.45) is 5.41 Å². The highest BCUT2D eigenvalue weighted by molar-refractivity contribution is 5.48. The molecular weight excluding hydrogens is 253 g/mol. The number of aromatic nitrogens is 1. The molecule has 0 aromatic carbocycles. The fourth-order valence-electron chi connectivity index (χ4n) is 3.09. The lowest BCUT2D eigenvalue weighted by Crippen LogP contribution is -2.28. The van der Waals surface area contributed by atoms with Crippen molar-refractivity contribution in [2.45, 2.75) is 46.6 Å². The van der Waals surface area contributed by atoms with Crippen molar-refractivity contribution in [3.63, 3.8) is 0 Å². The van der Waals surface area contributed by atoms with Crippen molar-refractivity contribution < 1.29 is 4.39 Å². The van der Waals surface area contributed by atoms with Gasteiger partial charge < -0.3 is 10.2 Å². The molecule has 1 aliphatic rings. The van der Waals surface area contributed by atoms with Crippen LogP contribution in [0.2, 0.25) is 0 Å². The Morgan fingerprint density at radius 3 is 2.70 bits per heavy atom. The van der Waals surface area contributed by atoms with Gasteiger partial charge in [-0.1, -0.05) is 20.8 Å². The molecule has 0 bridgehead atoms.